The Labute approximate surface area is 138 Å². The van der Waals surface area contributed by atoms with Gasteiger partial charge >= 0.3 is 6.09 Å². The molecule has 1 aromatic carbocycles. The van der Waals surface area contributed by atoms with Crippen molar-refractivity contribution in [2.75, 3.05) is 32.1 Å². The van der Waals surface area contributed by atoms with Crippen LogP contribution < -0.4 is 19.9 Å². The lowest BCUT2D eigenvalue weighted by Gasteiger charge is -2.28. The third-order valence-corrected chi connectivity index (χ3v) is 5.47. The molecule has 2 aliphatic rings. The van der Waals surface area contributed by atoms with E-state index in [0.29, 0.717) is 18.5 Å². The van der Waals surface area contributed by atoms with E-state index in [9.17, 15) is 4.79 Å². The van der Waals surface area contributed by atoms with Gasteiger partial charge in [-0.3, -0.25) is 0 Å². The number of benzene rings is 1. The summed E-state index contributed by atoms with van der Waals surface area (Å²) >= 11 is 0. The topological polar surface area (TPSA) is 46.0 Å². The molecule has 2 N–H and O–H groups in total. The van der Waals surface area contributed by atoms with Crippen LogP contribution in [0.3, 0.4) is 0 Å². The number of nitrogens with zero attached hydrogens (tertiary/aromatic N) is 1. The van der Waals surface area contributed by atoms with Gasteiger partial charge in [-0.15, -0.1) is 0 Å². The highest BCUT2D eigenvalue weighted by atomic mass is 16.6. The second-order valence-corrected chi connectivity index (χ2v) is 7.13. The Balaban J connectivity index is 1.78. The van der Waals surface area contributed by atoms with Gasteiger partial charge in [-0.25, -0.2) is 4.79 Å². The Morgan fingerprint density at radius 2 is 2.30 bits per heavy atom. The van der Waals surface area contributed by atoms with Gasteiger partial charge in [0.1, 0.15) is 5.75 Å². The molecule has 2 unspecified atom stereocenters. The second-order valence-electron chi connectivity index (χ2n) is 7.13. The van der Waals surface area contributed by atoms with E-state index in [4.69, 9.17) is 4.74 Å². The molecule has 1 fully saturated rings. The molecular weight excluding hydrogens is 290 g/mol. The Morgan fingerprint density at radius 3 is 3.04 bits per heavy atom. The van der Waals surface area contributed by atoms with Gasteiger partial charge in [0.05, 0.1) is 19.0 Å². The van der Waals surface area contributed by atoms with E-state index in [-0.39, 0.29) is 11.5 Å². The van der Waals surface area contributed by atoms with Crippen molar-refractivity contribution in [2.45, 2.75) is 44.7 Å². The van der Waals surface area contributed by atoms with E-state index < -0.39 is 0 Å². The highest BCUT2D eigenvalue weighted by molar-refractivity contribution is 5.72. The highest BCUT2D eigenvalue weighted by Crippen LogP contribution is 2.47. The molecule has 2 heterocycles. The van der Waals surface area contributed by atoms with Gasteiger partial charge in [0, 0.05) is 25.7 Å². The molecular formula is C18H28N3O2+. The fraction of sp³-hybridized carbons (Fsp3) is 0.611. The monoisotopic (exact) mass is 318 g/mol. The maximum Gasteiger partial charge on any atom is 0.412 e. The number of ether oxygens (including phenoxy) is 1. The van der Waals surface area contributed by atoms with Crippen molar-refractivity contribution in [2.24, 2.45) is 0 Å². The first-order chi connectivity index (χ1) is 11.0. The molecule has 1 aromatic rings. The summed E-state index contributed by atoms with van der Waals surface area (Å²) in [6, 6.07) is 6.04. The first-order valence-corrected chi connectivity index (χ1v) is 8.62. The van der Waals surface area contributed by atoms with Crippen LogP contribution in [0.5, 0.6) is 5.75 Å². The normalized spacial score (nSPS) is 28.4. The average Bonchev–Trinajstić information content (AvgIpc) is 2.93. The molecule has 1 saturated heterocycles. The molecule has 5 nitrogen and oxygen atoms in total. The van der Waals surface area contributed by atoms with Crippen LogP contribution in [0.2, 0.25) is 0 Å². The number of anilines is 1. The number of amides is 1. The molecule has 3 rings (SSSR count). The Morgan fingerprint density at radius 1 is 1.52 bits per heavy atom. The number of hydrogen-bond acceptors (Lipinski definition) is 3. The number of likely N-dealkylation sites (N-methyl/N-ethyl adjacent to an activating group) is 2. The third kappa shape index (κ3) is 2.67. The summed E-state index contributed by atoms with van der Waals surface area (Å²) in [5.41, 5.74) is 2.70. The van der Waals surface area contributed by atoms with Crippen molar-refractivity contribution in [3.8, 4) is 5.75 Å². The van der Waals surface area contributed by atoms with Gasteiger partial charge < -0.3 is 19.9 Å². The Kier molecular flexibility index (Phi) is 4.23. The molecule has 1 amide bonds. The molecule has 3 atom stereocenters. The molecule has 0 saturated carbocycles. The molecule has 5 heteroatoms. The van der Waals surface area contributed by atoms with Gasteiger partial charge in [-0.05, 0) is 37.1 Å². The number of unbranched alkanes of at least 4 members (excludes halogenated alkanes) is 1. The number of likely N-dealkylation sites (tertiary alicyclic amines) is 1. The molecule has 0 spiro atoms. The molecule has 0 radical (unpaired) electrons. The van der Waals surface area contributed by atoms with Crippen molar-refractivity contribution in [3.63, 3.8) is 0 Å². The molecule has 0 aliphatic carbocycles. The maximum absolute atomic E-state index is 11.9. The SMILES string of the molecule is CCCCNC(=O)Oc1ccc2c(c1)[C@]1(C)CC[NH+](C)C1N2C. The van der Waals surface area contributed by atoms with Crippen LogP contribution in [-0.4, -0.2) is 39.4 Å². The van der Waals surface area contributed by atoms with Gasteiger partial charge in [-0.1, -0.05) is 13.3 Å². The van der Waals surface area contributed by atoms with E-state index in [1.54, 1.807) is 4.90 Å². The summed E-state index contributed by atoms with van der Waals surface area (Å²) in [6.45, 7) is 6.27. The molecule has 23 heavy (non-hydrogen) atoms. The van der Waals surface area contributed by atoms with Crippen molar-refractivity contribution in [1.82, 2.24) is 5.32 Å². The van der Waals surface area contributed by atoms with Crippen LogP contribution in [0.4, 0.5) is 10.5 Å². The highest BCUT2D eigenvalue weighted by Gasteiger charge is 2.55. The van der Waals surface area contributed by atoms with Crippen LogP contribution in [0.25, 0.3) is 0 Å². The lowest BCUT2D eigenvalue weighted by molar-refractivity contribution is -0.893. The maximum atomic E-state index is 11.9. The van der Waals surface area contributed by atoms with E-state index in [1.807, 2.05) is 6.07 Å². The van der Waals surface area contributed by atoms with Crippen LogP contribution >= 0.6 is 0 Å². The number of quaternary nitrogens is 1. The van der Waals surface area contributed by atoms with Crippen molar-refractivity contribution >= 4 is 11.8 Å². The zero-order chi connectivity index (χ0) is 16.6. The number of carbonyl (C=O) groups excluding carboxylic acids is 1. The molecule has 2 aliphatic heterocycles. The van der Waals surface area contributed by atoms with E-state index in [0.717, 1.165) is 19.3 Å². The predicted octanol–water partition coefficient (Wildman–Crippen LogP) is 1.53. The smallest absolute Gasteiger partial charge is 0.410 e. The van der Waals surface area contributed by atoms with Crippen LogP contribution in [0.1, 0.15) is 38.7 Å². The summed E-state index contributed by atoms with van der Waals surface area (Å²) in [5.74, 6) is 0.637. The first kappa shape index (κ1) is 16.1. The van der Waals surface area contributed by atoms with E-state index in [1.165, 1.54) is 17.8 Å². The first-order valence-electron chi connectivity index (χ1n) is 8.62. The van der Waals surface area contributed by atoms with Crippen LogP contribution in [0, 0.1) is 0 Å². The fourth-order valence-corrected chi connectivity index (χ4v) is 4.31. The number of hydrogen-bond donors (Lipinski definition) is 2. The number of rotatable bonds is 4. The number of fused-ring (bicyclic) bond motifs is 3. The van der Waals surface area contributed by atoms with Crippen LogP contribution in [0.15, 0.2) is 18.2 Å². The summed E-state index contributed by atoms with van der Waals surface area (Å²) < 4.78 is 5.47. The lowest BCUT2D eigenvalue weighted by atomic mass is 9.81. The minimum atomic E-state index is -0.361. The predicted molar refractivity (Wildman–Crippen MR) is 91.3 cm³/mol. The second kappa shape index (κ2) is 6.04. The largest absolute Gasteiger partial charge is 0.412 e. The molecule has 0 aromatic heterocycles. The average molecular weight is 318 g/mol. The van der Waals surface area contributed by atoms with E-state index >= 15 is 0 Å². The minimum absolute atomic E-state index is 0.131. The zero-order valence-corrected chi connectivity index (χ0v) is 14.6. The number of carbonyl (C=O) groups is 1. The quantitative estimate of drug-likeness (QED) is 0.828. The van der Waals surface area contributed by atoms with Crippen molar-refractivity contribution in [1.29, 1.82) is 0 Å². The van der Waals surface area contributed by atoms with Gasteiger partial charge in [0.25, 0.3) is 0 Å². The standard InChI is InChI=1S/C18H27N3O2/c1-5-6-10-19-17(22)23-13-7-8-15-14(12-13)18(2)9-11-20(3)16(18)21(15)4/h7-8,12,16H,5-6,9-11H2,1-4H3,(H,19,22)/p+1/t16?,18-/m0/s1. The summed E-state index contributed by atoms with van der Waals surface area (Å²) in [6.07, 6.45) is 3.29. The minimum Gasteiger partial charge on any atom is -0.410 e. The molecule has 126 valence electrons. The summed E-state index contributed by atoms with van der Waals surface area (Å²) in [7, 11) is 4.43. The van der Waals surface area contributed by atoms with Crippen molar-refractivity contribution < 1.29 is 14.4 Å². The lowest BCUT2D eigenvalue weighted by Crippen LogP contribution is -3.13. The van der Waals surface area contributed by atoms with Crippen molar-refractivity contribution in [3.05, 3.63) is 23.8 Å². The van der Waals surface area contributed by atoms with Gasteiger partial charge in [0.15, 0.2) is 6.17 Å². The van der Waals surface area contributed by atoms with Gasteiger partial charge in [0.2, 0.25) is 0 Å². The van der Waals surface area contributed by atoms with Gasteiger partial charge in [-0.2, -0.15) is 0 Å². The Hall–Kier alpha value is -1.75. The Bertz CT molecular complexity index is 604. The third-order valence-electron chi connectivity index (χ3n) is 5.47. The zero-order valence-electron chi connectivity index (χ0n) is 14.6. The molecule has 0 bridgehead atoms. The summed E-state index contributed by atoms with van der Waals surface area (Å²) in [4.78, 5) is 15.8. The van der Waals surface area contributed by atoms with Crippen LogP contribution in [-0.2, 0) is 5.41 Å². The van der Waals surface area contributed by atoms with E-state index in [2.05, 4.69) is 50.3 Å². The fourth-order valence-electron chi connectivity index (χ4n) is 4.31. The number of nitrogens with one attached hydrogen (secondary N) is 2. The summed E-state index contributed by atoms with van der Waals surface area (Å²) in [5, 5.41) is 2.80.